The number of carbonyl (C=O) groups excluding carboxylic acids is 1. The van der Waals surface area contributed by atoms with Gasteiger partial charge in [0.05, 0.1) is 10.6 Å². The molecular formula is C9H9Cl2NO. The van der Waals surface area contributed by atoms with E-state index in [-0.39, 0.29) is 5.91 Å². The summed E-state index contributed by atoms with van der Waals surface area (Å²) in [5.74, 6) is -0.177. The lowest BCUT2D eigenvalue weighted by Gasteiger charge is -2.03. The van der Waals surface area contributed by atoms with E-state index < -0.39 is 0 Å². The number of hydrogen-bond donors (Lipinski definition) is 1. The molecule has 0 aliphatic carbocycles. The van der Waals surface area contributed by atoms with Crippen molar-refractivity contribution in [2.24, 2.45) is 0 Å². The highest BCUT2D eigenvalue weighted by Crippen LogP contribution is 2.20. The van der Waals surface area contributed by atoms with Gasteiger partial charge >= 0.3 is 0 Å². The van der Waals surface area contributed by atoms with E-state index in [1.54, 1.807) is 18.2 Å². The van der Waals surface area contributed by atoms with Gasteiger partial charge < -0.3 is 5.32 Å². The van der Waals surface area contributed by atoms with Crippen molar-refractivity contribution in [1.29, 1.82) is 0 Å². The highest BCUT2D eigenvalue weighted by atomic mass is 35.5. The van der Waals surface area contributed by atoms with Crippen molar-refractivity contribution in [3.05, 3.63) is 33.8 Å². The molecular weight excluding hydrogens is 209 g/mol. The Morgan fingerprint density at radius 3 is 2.69 bits per heavy atom. The van der Waals surface area contributed by atoms with Gasteiger partial charge in [0.15, 0.2) is 0 Å². The van der Waals surface area contributed by atoms with Crippen LogP contribution in [0.4, 0.5) is 0 Å². The summed E-state index contributed by atoms with van der Waals surface area (Å²) in [5, 5.41) is 3.56. The van der Waals surface area contributed by atoms with Gasteiger partial charge in [-0.25, -0.2) is 0 Å². The van der Waals surface area contributed by atoms with E-state index >= 15 is 0 Å². The SMILES string of the molecule is CCNC(=O)c1ccc(Cl)cc1Cl. The molecule has 0 radical (unpaired) electrons. The standard InChI is InChI=1S/C9H9Cl2NO/c1-2-12-9(13)7-4-3-6(10)5-8(7)11/h3-5H,2H2,1H3,(H,12,13). The molecule has 4 heteroatoms. The van der Waals surface area contributed by atoms with E-state index in [0.717, 1.165) is 0 Å². The van der Waals surface area contributed by atoms with E-state index in [4.69, 9.17) is 23.2 Å². The Hall–Kier alpha value is -0.730. The summed E-state index contributed by atoms with van der Waals surface area (Å²) in [6, 6.07) is 4.79. The van der Waals surface area contributed by atoms with Crippen LogP contribution in [-0.4, -0.2) is 12.5 Å². The summed E-state index contributed by atoms with van der Waals surface area (Å²) >= 11 is 11.5. The second-order valence-corrected chi connectivity index (χ2v) is 3.33. The topological polar surface area (TPSA) is 29.1 Å². The molecule has 13 heavy (non-hydrogen) atoms. The second kappa shape index (κ2) is 4.49. The van der Waals surface area contributed by atoms with Crippen LogP contribution in [0, 0.1) is 0 Å². The van der Waals surface area contributed by atoms with Crippen molar-refractivity contribution in [3.63, 3.8) is 0 Å². The number of benzene rings is 1. The van der Waals surface area contributed by atoms with Crippen LogP contribution in [0.15, 0.2) is 18.2 Å². The molecule has 1 amide bonds. The maximum absolute atomic E-state index is 11.3. The second-order valence-electron chi connectivity index (χ2n) is 2.48. The van der Waals surface area contributed by atoms with E-state index in [9.17, 15) is 4.79 Å². The van der Waals surface area contributed by atoms with Crippen LogP contribution in [0.3, 0.4) is 0 Å². The molecule has 0 aliphatic heterocycles. The highest BCUT2D eigenvalue weighted by molar-refractivity contribution is 6.36. The third-order valence-corrected chi connectivity index (χ3v) is 2.06. The van der Waals surface area contributed by atoms with Crippen molar-refractivity contribution < 1.29 is 4.79 Å². The molecule has 0 heterocycles. The Morgan fingerprint density at radius 2 is 2.15 bits per heavy atom. The third kappa shape index (κ3) is 2.61. The molecule has 1 rings (SSSR count). The largest absolute Gasteiger partial charge is 0.352 e. The molecule has 0 spiro atoms. The fraction of sp³-hybridized carbons (Fsp3) is 0.222. The maximum atomic E-state index is 11.3. The van der Waals surface area contributed by atoms with Crippen LogP contribution in [-0.2, 0) is 0 Å². The Bertz CT molecular complexity index is 325. The average Bonchev–Trinajstić information content (AvgIpc) is 2.04. The predicted octanol–water partition coefficient (Wildman–Crippen LogP) is 2.74. The number of rotatable bonds is 2. The summed E-state index contributed by atoms with van der Waals surface area (Å²) in [6.07, 6.45) is 0. The van der Waals surface area contributed by atoms with Crippen molar-refractivity contribution in [2.45, 2.75) is 6.92 Å². The molecule has 0 fully saturated rings. The Labute approximate surface area is 86.8 Å². The van der Waals surface area contributed by atoms with Gasteiger partial charge in [0.2, 0.25) is 0 Å². The first-order valence-corrected chi connectivity index (χ1v) is 4.64. The van der Waals surface area contributed by atoms with Gasteiger partial charge in [0, 0.05) is 11.6 Å². The molecule has 0 saturated carbocycles. The minimum Gasteiger partial charge on any atom is -0.352 e. The lowest BCUT2D eigenvalue weighted by molar-refractivity contribution is 0.0956. The monoisotopic (exact) mass is 217 g/mol. The number of carbonyl (C=O) groups is 1. The Kier molecular flexibility index (Phi) is 3.58. The molecule has 0 bridgehead atoms. The molecule has 0 unspecified atom stereocenters. The van der Waals surface area contributed by atoms with Crippen molar-refractivity contribution in [2.75, 3.05) is 6.54 Å². The van der Waals surface area contributed by atoms with E-state index in [1.807, 2.05) is 6.92 Å². The molecule has 70 valence electrons. The molecule has 0 atom stereocenters. The molecule has 0 aromatic heterocycles. The maximum Gasteiger partial charge on any atom is 0.252 e. The molecule has 2 nitrogen and oxygen atoms in total. The van der Waals surface area contributed by atoms with Crippen LogP contribution >= 0.6 is 23.2 Å². The smallest absolute Gasteiger partial charge is 0.252 e. The quantitative estimate of drug-likeness (QED) is 0.812. The van der Waals surface area contributed by atoms with Gasteiger partial charge in [-0.05, 0) is 25.1 Å². The van der Waals surface area contributed by atoms with E-state index in [1.165, 1.54) is 0 Å². The number of halogens is 2. The van der Waals surface area contributed by atoms with Gasteiger partial charge in [0.1, 0.15) is 0 Å². The van der Waals surface area contributed by atoms with Gasteiger partial charge in [-0.3, -0.25) is 4.79 Å². The van der Waals surface area contributed by atoms with Crippen LogP contribution < -0.4 is 5.32 Å². The van der Waals surface area contributed by atoms with Gasteiger partial charge in [-0.15, -0.1) is 0 Å². The summed E-state index contributed by atoms with van der Waals surface area (Å²) < 4.78 is 0. The van der Waals surface area contributed by atoms with Crippen molar-refractivity contribution in [1.82, 2.24) is 5.32 Å². The molecule has 0 aliphatic rings. The summed E-state index contributed by atoms with van der Waals surface area (Å²) in [6.45, 7) is 2.43. The first kappa shape index (κ1) is 10.4. The lowest BCUT2D eigenvalue weighted by Crippen LogP contribution is -2.22. The summed E-state index contributed by atoms with van der Waals surface area (Å²) in [7, 11) is 0. The molecule has 1 aromatic rings. The lowest BCUT2D eigenvalue weighted by atomic mass is 10.2. The van der Waals surface area contributed by atoms with Crippen molar-refractivity contribution in [3.8, 4) is 0 Å². The number of amides is 1. The zero-order valence-corrected chi connectivity index (χ0v) is 8.62. The fourth-order valence-corrected chi connectivity index (χ4v) is 1.42. The Balaban J connectivity index is 2.95. The van der Waals surface area contributed by atoms with Crippen LogP contribution in [0.25, 0.3) is 0 Å². The average molecular weight is 218 g/mol. The number of nitrogens with one attached hydrogen (secondary N) is 1. The minimum atomic E-state index is -0.177. The predicted molar refractivity (Wildman–Crippen MR) is 54.5 cm³/mol. The summed E-state index contributed by atoms with van der Waals surface area (Å²) in [5.41, 5.74) is 0.452. The molecule has 1 N–H and O–H groups in total. The van der Waals surface area contributed by atoms with Crippen LogP contribution in [0.1, 0.15) is 17.3 Å². The van der Waals surface area contributed by atoms with E-state index in [2.05, 4.69) is 5.32 Å². The van der Waals surface area contributed by atoms with Gasteiger partial charge in [-0.1, -0.05) is 23.2 Å². The Morgan fingerprint density at radius 1 is 1.46 bits per heavy atom. The molecule has 0 saturated heterocycles. The highest BCUT2D eigenvalue weighted by Gasteiger charge is 2.08. The first-order valence-electron chi connectivity index (χ1n) is 3.88. The molecule has 1 aromatic carbocycles. The van der Waals surface area contributed by atoms with Crippen LogP contribution in [0.2, 0.25) is 10.0 Å². The fourth-order valence-electron chi connectivity index (χ4n) is 0.929. The first-order chi connectivity index (χ1) is 6.15. The van der Waals surface area contributed by atoms with Gasteiger partial charge in [-0.2, -0.15) is 0 Å². The van der Waals surface area contributed by atoms with E-state index in [0.29, 0.717) is 22.2 Å². The van der Waals surface area contributed by atoms with Gasteiger partial charge in [0.25, 0.3) is 5.91 Å². The third-order valence-electron chi connectivity index (χ3n) is 1.51. The minimum absolute atomic E-state index is 0.177. The zero-order chi connectivity index (χ0) is 9.84. The van der Waals surface area contributed by atoms with Crippen LogP contribution in [0.5, 0.6) is 0 Å². The summed E-state index contributed by atoms with van der Waals surface area (Å²) in [4.78, 5) is 11.3. The zero-order valence-electron chi connectivity index (χ0n) is 7.10. The van der Waals surface area contributed by atoms with Crippen molar-refractivity contribution >= 4 is 29.1 Å². The number of hydrogen-bond acceptors (Lipinski definition) is 1. The normalized spacial score (nSPS) is 9.77.